The van der Waals surface area contributed by atoms with Gasteiger partial charge in [0.1, 0.15) is 11.6 Å². The normalized spacial score (nSPS) is 29.9. The van der Waals surface area contributed by atoms with E-state index in [0.717, 1.165) is 56.6 Å². The van der Waals surface area contributed by atoms with E-state index >= 15 is 0 Å². The van der Waals surface area contributed by atoms with Crippen LogP contribution in [0.5, 0.6) is 0 Å². The molecule has 7 heteroatoms. The van der Waals surface area contributed by atoms with Crippen LogP contribution in [0.25, 0.3) is 0 Å². The Bertz CT molecular complexity index is 889. The van der Waals surface area contributed by atoms with Gasteiger partial charge in [0.2, 0.25) is 5.91 Å². The average molecular weight is 498 g/mol. The van der Waals surface area contributed by atoms with Crippen LogP contribution in [-0.2, 0) is 10.2 Å². The van der Waals surface area contributed by atoms with Gasteiger partial charge < -0.3 is 15.3 Å². The molecule has 0 spiro atoms. The number of nitrogens with one attached hydrogen (secondary N) is 1. The number of aliphatic hydroxyl groups excluding tert-OH is 1. The fourth-order valence-corrected chi connectivity index (χ4v) is 6.15. The summed E-state index contributed by atoms with van der Waals surface area (Å²) in [6.45, 7) is 12.1. The van der Waals surface area contributed by atoms with Crippen LogP contribution in [0.3, 0.4) is 0 Å². The maximum absolute atomic E-state index is 12.3. The van der Waals surface area contributed by atoms with Gasteiger partial charge in [0.15, 0.2) is 0 Å². The molecule has 1 aromatic rings. The van der Waals surface area contributed by atoms with Crippen molar-refractivity contribution < 1.29 is 9.90 Å². The minimum Gasteiger partial charge on any atom is -0.393 e. The third kappa shape index (κ3) is 6.21. The number of amides is 1. The van der Waals surface area contributed by atoms with Gasteiger partial charge in [-0.05, 0) is 70.3 Å². The molecule has 1 amide bonds. The molecule has 4 fully saturated rings. The zero-order chi connectivity index (χ0) is 25.3. The van der Waals surface area contributed by atoms with Crippen LogP contribution in [0.1, 0.15) is 102 Å². The molecule has 0 aromatic carbocycles. The number of carbonyl (C=O) groups is 1. The average Bonchev–Trinajstić information content (AvgIpc) is 2.80. The Balaban J connectivity index is 1.05. The molecule has 3 saturated carbocycles. The lowest BCUT2D eigenvalue weighted by atomic mass is 9.80. The highest BCUT2D eigenvalue weighted by Gasteiger charge is 2.34. The van der Waals surface area contributed by atoms with Crippen molar-refractivity contribution in [2.45, 2.75) is 108 Å². The predicted molar refractivity (Wildman–Crippen MR) is 143 cm³/mol. The number of aromatic nitrogens is 2. The second-order valence-corrected chi connectivity index (χ2v) is 13.0. The first-order chi connectivity index (χ1) is 17.2. The van der Waals surface area contributed by atoms with Gasteiger partial charge >= 0.3 is 0 Å². The maximum Gasteiger partial charge on any atom is 0.223 e. The maximum atomic E-state index is 12.3. The summed E-state index contributed by atoms with van der Waals surface area (Å²) >= 11 is 0. The van der Waals surface area contributed by atoms with Gasteiger partial charge in [-0.2, -0.15) is 0 Å². The third-order valence-corrected chi connectivity index (χ3v) is 9.15. The number of carbonyl (C=O) groups excluding carboxylic acids is 1. The second-order valence-electron chi connectivity index (χ2n) is 13.0. The van der Waals surface area contributed by atoms with Gasteiger partial charge in [-0.15, -0.1) is 0 Å². The summed E-state index contributed by atoms with van der Waals surface area (Å²) < 4.78 is 0. The molecule has 0 radical (unpaired) electrons. The minimum atomic E-state index is -0.259. The molecule has 5 rings (SSSR count). The fourth-order valence-electron chi connectivity index (χ4n) is 6.15. The van der Waals surface area contributed by atoms with E-state index < -0.39 is 0 Å². The van der Waals surface area contributed by atoms with E-state index in [-0.39, 0.29) is 23.3 Å². The predicted octanol–water partition coefficient (Wildman–Crippen LogP) is 4.00. The van der Waals surface area contributed by atoms with Crippen LogP contribution in [0, 0.1) is 11.8 Å². The molecule has 0 atom stereocenters. The second kappa shape index (κ2) is 10.9. The van der Waals surface area contributed by atoms with Crippen LogP contribution < -0.4 is 10.2 Å². The lowest BCUT2D eigenvalue weighted by molar-refractivity contribution is -0.132. The smallest absolute Gasteiger partial charge is 0.223 e. The van der Waals surface area contributed by atoms with E-state index in [9.17, 15) is 9.90 Å². The zero-order valence-corrected chi connectivity index (χ0v) is 22.7. The number of hydrogen-bond acceptors (Lipinski definition) is 6. The molecule has 36 heavy (non-hydrogen) atoms. The fraction of sp³-hybridized carbons (Fsp3) is 0.828. The quantitative estimate of drug-likeness (QED) is 0.593. The number of hydrogen-bond donors (Lipinski definition) is 2. The molecule has 3 aliphatic carbocycles. The number of anilines is 1. The van der Waals surface area contributed by atoms with Crippen molar-refractivity contribution in [1.82, 2.24) is 20.2 Å². The van der Waals surface area contributed by atoms with Crippen molar-refractivity contribution in [1.29, 1.82) is 0 Å². The summed E-state index contributed by atoms with van der Waals surface area (Å²) in [6, 6.07) is 2.62. The molecule has 1 saturated heterocycles. The molecule has 200 valence electrons. The molecule has 0 unspecified atom stereocenters. The topological polar surface area (TPSA) is 81.6 Å². The lowest BCUT2D eigenvalue weighted by Crippen LogP contribution is -2.48. The molecular weight excluding hydrogens is 450 g/mol. The number of aliphatic hydroxyl groups is 1. The van der Waals surface area contributed by atoms with Crippen molar-refractivity contribution in [3.63, 3.8) is 0 Å². The number of rotatable bonds is 7. The van der Waals surface area contributed by atoms with Crippen LogP contribution in [-0.4, -0.2) is 70.8 Å². The Morgan fingerprint density at radius 2 is 1.72 bits per heavy atom. The van der Waals surface area contributed by atoms with E-state index in [4.69, 9.17) is 9.97 Å². The summed E-state index contributed by atoms with van der Waals surface area (Å²) in [4.78, 5) is 27.4. The zero-order valence-electron chi connectivity index (χ0n) is 22.7. The minimum absolute atomic E-state index is 0.0299. The highest BCUT2D eigenvalue weighted by Crippen LogP contribution is 2.37. The molecule has 1 aromatic heterocycles. The molecule has 2 heterocycles. The van der Waals surface area contributed by atoms with Gasteiger partial charge in [-0.25, -0.2) is 9.97 Å². The summed E-state index contributed by atoms with van der Waals surface area (Å²) in [5, 5.41) is 12.7. The lowest BCUT2D eigenvalue weighted by Gasteiger charge is -2.38. The highest BCUT2D eigenvalue weighted by molar-refractivity contribution is 5.79. The van der Waals surface area contributed by atoms with Crippen molar-refractivity contribution in [2.24, 2.45) is 11.8 Å². The number of piperazine rings is 1. The first kappa shape index (κ1) is 25.9. The Hall–Kier alpha value is -1.73. The third-order valence-electron chi connectivity index (χ3n) is 9.15. The van der Waals surface area contributed by atoms with Gasteiger partial charge in [-0.1, -0.05) is 27.2 Å². The first-order valence-electron chi connectivity index (χ1n) is 14.6. The summed E-state index contributed by atoms with van der Waals surface area (Å²) in [6.07, 6.45) is 10.8. The highest BCUT2D eigenvalue weighted by atomic mass is 16.3. The summed E-state index contributed by atoms with van der Waals surface area (Å²) in [5.74, 6) is 3.74. The standard InChI is InChI=1S/C29H47N5O2/c1-29(2,3)28-31-25(21-5-4-6-21)19-26(32-28)34-15-13-33(14-16-34)12-11-20-7-9-23(10-8-20)30-27(36)22-17-24(35)18-22/h19-24,35H,4-18H2,1-3H3,(H,30,36)/t20-,22-,23+,24-. The molecule has 7 nitrogen and oxygen atoms in total. The van der Waals surface area contributed by atoms with E-state index in [2.05, 4.69) is 42.0 Å². The van der Waals surface area contributed by atoms with Gasteiger partial charge in [-0.3, -0.25) is 9.69 Å². The largest absolute Gasteiger partial charge is 0.393 e. The van der Waals surface area contributed by atoms with Crippen LogP contribution in [0.15, 0.2) is 6.07 Å². The van der Waals surface area contributed by atoms with Crippen LogP contribution in [0.2, 0.25) is 0 Å². The van der Waals surface area contributed by atoms with Gasteiger partial charge in [0.05, 0.1) is 6.10 Å². The van der Waals surface area contributed by atoms with E-state index in [0.29, 0.717) is 24.8 Å². The molecule has 4 aliphatic rings. The Morgan fingerprint density at radius 1 is 1.03 bits per heavy atom. The van der Waals surface area contributed by atoms with E-state index in [1.807, 2.05) is 0 Å². The van der Waals surface area contributed by atoms with Crippen LogP contribution in [0.4, 0.5) is 5.82 Å². The van der Waals surface area contributed by atoms with Gasteiger partial charge in [0.25, 0.3) is 0 Å². The van der Waals surface area contributed by atoms with Crippen molar-refractivity contribution in [2.75, 3.05) is 37.6 Å². The van der Waals surface area contributed by atoms with Crippen molar-refractivity contribution in [3.05, 3.63) is 17.6 Å². The Labute approximate surface area is 217 Å². The van der Waals surface area contributed by atoms with Crippen molar-refractivity contribution in [3.8, 4) is 0 Å². The Morgan fingerprint density at radius 3 is 2.31 bits per heavy atom. The Kier molecular flexibility index (Phi) is 7.87. The first-order valence-corrected chi connectivity index (χ1v) is 14.6. The van der Waals surface area contributed by atoms with E-state index in [1.54, 1.807) is 0 Å². The summed E-state index contributed by atoms with van der Waals surface area (Å²) in [5.41, 5.74) is 1.23. The van der Waals surface area contributed by atoms with Gasteiger partial charge in [0, 0.05) is 61.2 Å². The van der Waals surface area contributed by atoms with Crippen LogP contribution >= 0.6 is 0 Å². The molecule has 0 bridgehead atoms. The molecular formula is C29H47N5O2. The molecule has 1 aliphatic heterocycles. The van der Waals surface area contributed by atoms with Crippen molar-refractivity contribution >= 4 is 11.7 Å². The monoisotopic (exact) mass is 497 g/mol. The molecule has 2 N–H and O–H groups in total. The SMILES string of the molecule is CC(C)(C)c1nc(C2CCC2)cc(N2CCN(CC[C@H]3CC[C@@H](NC(=O)[C@H]4C[C@H](O)C4)CC3)CC2)n1. The number of nitrogens with zero attached hydrogens (tertiary/aromatic N) is 4. The van der Waals surface area contributed by atoms with E-state index in [1.165, 1.54) is 50.8 Å². The summed E-state index contributed by atoms with van der Waals surface area (Å²) in [7, 11) is 0.